The summed E-state index contributed by atoms with van der Waals surface area (Å²) in [6, 6.07) is 6.03. The van der Waals surface area contributed by atoms with E-state index in [1.165, 1.54) is 5.56 Å². The summed E-state index contributed by atoms with van der Waals surface area (Å²) < 4.78 is 11.1. The number of hydrogen-bond acceptors (Lipinski definition) is 9. The molecule has 1 atom stereocenters. The smallest absolute Gasteiger partial charge is 0.237 e. The van der Waals surface area contributed by atoms with Crippen molar-refractivity contribution in [3.63, 3.8) is 0 Å². The van der Waals surface area contributed by atoms with E-state index in [9.17, 15) is 0 Å². The van der Waals surface area contributed by atoms with E-state index in [1.54, 1.807) is 20.4 Å². The Morgan fingerprint density at radius 2 is 1.94 bits per heavy atom. The minimum Gasteiger partial charge on any atom is -0.481 e. The molecule has 0 bridgehead atoms. The fourth-order valence-electron chi connectivity index (χ4n) is 4.36. The average Bonchev–Trinajstić information content (AvgIpc) is 2.83. The Hall–Kier alpha value is -3.59. The normalized spacial score (nSPS) is 17.6. The van der Waals surface area contributed by atoms with E-state index in [4.69, 9.17) is 24.4 Å². The molecule has 3 aromatic rings. The van der Waals surface area contributed by atoms with Crippen molar-refractivity contribution in [3.05, 3.63) is 58.7 Å². The number of pyridine rings is 2. The number of rotatable bonds is 5. The van der Waals surface area contributed by atoms with E-state index < -0.39 is 0 Å². The number of likely N-dealkylation sites (N-methyl/N-ethyl adjacent to an activating group) is 1. The maximum atomic E-state index is 5.57. The molecular weight excluding hydrogens is 418 g/mol. The van der Waals surface area contributed by atoms with Crippen molar-refractivity contribution in [1.82, 2.24) is 24.8 Å². The number of methoxy groups -OCH3 is 2. The molecule has 2 aliphatic heterocycles. The minimum absolute atomic E-state index is 0.113. The number of aromatic nitrogens is 4. The highest BCUT2D eigenvalue weighted by Gasteiger charge is 2.25. The number of anilines is 2. The second kappa shape index (κ2) is 8.74. The molecule has 0 spiro atoms. The standard InChI is InChI=1S/C24H27N7O2/c1-14-10-15-12-26-24(30-20(15)21(27-14)17-6-5-8-25-22(17)32-3)29-19-11-16-13-31(2)9-7-18(16)28-23(19)33-4/h5-6,8,11-12,14H,7,9-10,13H2,1-4H3,(H,26,29,30). The zero-order valence-electron chi connectivity index (χ0n) is 19.3. The van der Waals surface area contributed by atoms with Crippen LogP contribution in [0.3, 0.4) is 0 Å². The van der Waals surface area contributed by atoms with E-state index in [1.807, 2.05) is 18.3 Å². The van der Waals surface area contributed by atoms with Gasteiger partial charge in [-0.2, -0.15) is 0 Å². The van der Waals surface area contributed by atoms with Gasteiger partial charge in [-0.15, -0.1) is 0 Å². The lowest BCUT2D eigenvalue weighted by Gasteiger charge is -2.25. The summed E-state index contributed by atoms with van der Waals surface area (Å²) in [5, 5.41) is 3.32. The van der Waals surface area contributed by atoms with Crippen molar-refractivity contribution in [2.45, 2.75) is 32.4 Å². The van der Waals surface area contributed by atoms with E-state index in [0.717, 1.165) is 59.8 Å². The molecule has 170 valence electrons. The van der Waals surface area contributed by atoms with Gasteiger partial charge in [-0.25, -0.2) is 19.9 Å². The van der Waals surface area contributed by atoms with Crippen LogP contribution in [0.25, 0.3) is 0 Å². The molecule has 1 N–H and O–H groups in total. The number of nitrogens with zero attached hydrogens (tertiary/aromatic N) is 6. The Morgan fingerprint density at radius 3 is 2.76 bits per heavy atom. The SMILES string of the molecule is COc1nc2c(cc1Nc1ncc3c(n1)C(c1cccnc1OC)=NC(C)C3)CN(C)CC2. The molecule has 0 saturated heterocycles. The minimum atomic E-state index is 0.113. The first kappa shape index (κ1) is 21.3. The van der Waals surface area contributed by atoms with Gasteiger partial charge in [0, 0.05) is 37.5 Å². The van der Waals surface area contributed by atoms with Gasteiger partial charge in [0.15, 0.2) is 0 Å². The van der Waals surface area contributed by atoms with E-state index in [-0.39, 0.29) is 6.04 Å². The fraction of sp³-hybridized carbons (Fsp3) is 0.375. The summed E-state index contributed by atoms with van der Waals surface area (Å²) in [5.74, 6) is 1.52. The molecule has 1 unspecified atom stereocenters. The van der Waals surface area contributed by atoms with Crippen LogP contribution in [-0.4, -0.2) is 64.4 Å². The van der Waals surface area contributed by atoms with Gasteiger partial charge in [-0.3, -0.25) is 4.99 Å². The molecule has 5 heterocycles. The van der Waals surface area contributed by atoms with Crippen molar-refractivity contribution < 1.29 is 9.47 Å². The van der Waals surface area contributed by atoms with Crippen LogP contribution in [0, 0.1) is 0 Å². The molecule has 9 nitrogen and oxygen atoms in total. The van der Waals surface area contributed by atoms with Gasteiger partial charge in [0.25, 0.3) is 0 Å². The second-order valence-electron chi connectivity index (χ2n) is 8.42. The first-order chi connectivity index (χ1) is 16.1. The van der Waals surface area contributed by atoms with Crippen LogP contribution < -0.4 is 14.8 Å². The predicted octanol–water partition coefficient (Wildman–Crippen LogP) is 2.80. The first-order valence-electron chi connectivity index (χ1n) is 11.0. The highest BCUT2D eigenvalue weighted by molar-refractivity contribution is 6.14. The summed E-state index contributed by atoms with van der Waals surface area (Å²) in [6.07, 6.45) is 5.25. The maximum absolute atomic E-state index is 5.57. The molecule has 0 saturated carbocycles. The van der Waals surface area contributed by atoms with Crippen LogP contribution in [0.1, 0.15) is 35.0 Å². The molecule has 0 aromatic carbocycles. The molecule has 5 rings (SSSR count). The molecule has 0 fully saturated rings. The van der Waals surface area contributed by atoms with Gasteiger partial charge in [-0.05, 0) is 44.2 Å². The summed E-state index contributed by atoms with van der Waals surface area (Å²) in [5.41, 5.74) is 6.40. The van der Waals surface area contributed by atoms with Crippen LogP contribution >= 0.6 is 0 Å². The van der Waals surface area contributed by atoms with Crippen molar-refractivity contribution in [1.29, 1.82) is 0 Å². The largest absolute Gasteiger partial charge is 0.481 e. The molecule has 0 aliphatic carbocycles. The molecule has 3 aromatic heterocycles. The third kappa shape index (κ3) is 4.11. The molecule has 9 heteroatoms. The maximum Gasteiger partial charge on any atom is 0.237 e. The number of nitrogens with one attached hydrogen (secondary N) is 1. The Labute approximate surface area is 192 Å². The number of fused-ring (bicyclic) bond motifs is 2. The summed E-state index contributed by atoms with van der Waals surface area (Å²) in [4.78, 5) is 25.7. The third-order valence-corrected chi connectivity index (χ3v) is 5.94. The summed E-state index contributed by atoms with van der Waals surface area (Å²) >= 11 is 0. The van der Waals surface area contributed by atoms with E-state index in [0.29, 0.717) is 17.7 Å². The zero-order chi connectivity index (χ0) is 22.9. The van der Waals surface area contributed by atoms with Gasteiger partial charge in [-0.1, -0.05) is 0 Å². The highest BCUT2D eigenvalue weighted by Crippen LogP contribution is 2.31. The van der Waals surface area contributed by atoms with Crippen LogP contribution in [0.5, 0.6) is 11.8 Å². The van der Waals surface area contributed by atoms with E-state index in [2.05, 4.69) is 40.2 Å². The number of ether oxygens (including phenoxy) is 2. The molecule has 33 heavy (non-hydrogen) atoms. The quantitative estimate of drug-likeness (QED) is 0.640. The third-order valence-electron chi connectivity index (χ3n) is 5.94. The van der Waals surface area contributed by atoms with Crippen LogP contribution in [0.15, 0.2) is 35.6 Å². The lowest BCUT2D eigenvalue weighted by atomic mass is 9.96. The van der Waals surface area contributed by atoms with Crippen molar-refractivity contribution >= 4 is 17.3 Å². The summed E-state index contributed by atoms with van der Waals surface area (Å²) in [6.45, 7) is 3.92. The molecular formula is C24H27N7O2. The Kier molecular flexibility index (Phi) is 5.63. The molecule has 2 aliphatic rings. The zero-order valence-corrected chi connectivity index (χ0v) is 19.3. The van der Waals surface area contributed by atoms with Crippen LogP contribution in [-0.2, 0) is 19.4 Å². The molecule has 0 radical (unpaired) electrons. The van der Waals surface area contributed by atoms with Crippen molar-refractivity contribution in [3.8, 4) is 11.8 Å². The van der Waals surface area contributed by atoms with Gasteiger partial charge < -0.3 is 19.7 Å². The van der Waals surface area contributed by atoms with Crippen molar-refractivity contribution in [2.75, 3.05) is 33.1 Å². The predicted molar refractivity (Wildman–Crippen MR) is 126 cm³/mol. The topological polar surface area (TPSA) is 97.6 Å². The number of aliphatic imine (C=N–C) groups is 1. The van der Waals surface area contributed by atoms with Gasteiger partial charge in [0.1, 0.15) is 5.69 Å². The Bertz CT molecular complexity index is 1230. The van der Waals surface area contributed by atoms with Gasteiger partial charge in [0.05, 0.1) is 42.9 Å². The average molecular weight is 446 g/mol. The van der Waals surface area contributed by atoms with Gasteiger partial charge in [0.2, 0.25) is 17.7 Å². The van der Waals surface area contributed by atoms with Crippen molar-refractivity contribution in [2.24, 2.45) is 4.99 Å². The Balaban J connectivity index is 1.53. The Morgan fingerprint density at radius 1 is 1.09 bits per heavy atom. The lowest BCUT2D eigenvalue weighted by molar-refractivity contribution is 0.307. The fourth-order valence-corrected chi connectivity index (χ4v) is 4.36. The van der Waals surface area contributed by atoms with E-state index >= 15 is 0 Å². The van der Waals surface area contributed by atoms with Crippen LogP contribution in [0.2, 0.25) is 0 Å². The van der Waals surface area contributed by atoms with Gasteiger partial charge >= 0.3 is 0 Å². The second-order valence-corrected chi connectivity index (χ2v) is 8.42. The lowest BCUT2D eigenvalue weighted by Crippen LogP contribution is -2.27. The molecule has 0 amide bonds. The first-order valence-corrected chi connectivity index (χ1v) is 11.0. The number of hydrogen-bond donors (Lipinski definition) is 1. The van der Waals surface area contributed by atoms with Crippen LogP contribution in [0.4, 0.5) is 11.6 Å². The summed E-state index contributed by atoms with van der Waals surface area (Å²) in [7, 11) is 5.35. The highest BCUT2D eigenvalue weighted by atomic mass is 16.5. The monoisotopic (exact) mass is 445 g/mol.